The summed E-state index contributed by atoms with van der Waals surface area (Å²) >= 11 is 0. The van der Waals surface area contributed by atoms with Crippen LogP contribution in [0.1, 0.15) is 17.5 Å². The van der Waals surface area contributed by atoms with Gasteiger partial charge in [-0.2, -0.15) is 0 Å². The van der Waals surface area contributed by atoms with E-state index in [-0.39, 0.29) is 28.5 Å². The lowest BCUT2D eigenvalue weighted by molar-refractivity contribution is -0.384. The first kappa shape index (κ1) is 22.1. The van der Waals surface area contributed by atoms with E-state index in [4.69, 9.17) is 4.74 Å². The minimum absolute atomic E-state index is 0.000912. The third kappa shape index (κ3) is 4.55. The average molecular weight is 439 g/mol. The number of anilines is 2. The second kappa shape index (κ2) is 9.56. The number of ether oxygens (including phenoxy) is 1. The number of hydrogen-bond donors (Lipinski definition) is 1. The van der Waals surface area contributed by atoms with Crippen molar-refractivity contribution in [3.63, 3.8) is 0 Å². The fourth-order valence-corrected chi connectivity index (χ4v) is 4.77. The molecule has 0 unspecified atom stereocenters. The Morgan fingerprint density at radius 2 is 2.00 bits per heavy atom. The molecular weight excluding hydrogens is 408 g/mol. The number of amides is 1. The smallest absolute Gasteiger partial charge is 0.269 e. The summed E-state index contributed by atoms with van der Waals surface area (Å²) in [4.78, 5) is 28.7. The van der Waals surface area contributed by atoms with E-state index in [1.807, 2.05) is 6.07 Å². The minimum atomic E-state index is -0.373. The van der Waals surface area contributed by atoms with Crippen molar-refractivity contribution < 1.29 is 14.5 Å². The first-order valence-corrected chi connectivity index (χ1v) is 11.1. The van der Waals surface area contributed by atoms with Crippen LogP contribution in [0.4, 0.5) is 17.1 Å². The number of piperazine rings is 1. The van der Waals surface area contributed by atoms with Crippen LogP contribution in [0.25, 0.3) is 0 Å². The summed E-state index contributed by atoms with van der Waals surface area (Å²) in [5.74, 6) is -0.278. The number of nitrogens with zero attached hydrogens (tertiary/aromatic N) is 3. The van der Waals surface area contributed by atoms with Crippen LogP contribution >= 0.6 is 0 Å². The van der Waals surface area contributed by atoms with Crippen molar-refractivity contribution in [1.29, 1.82) is 0 Å². The van der Waals surface area contributed by atoms with Crippen molar-refractivity contribution >= 4 is 23.0 Å². The highest BCUT2D eigenvalue weighted by atomic mass is 16.6. The van der Waals surface area contributed by atoms with E-state index >= 15 is 0 Å². The predicted molar refractivity (Wildman–Crippen MR) is 124 cm³/mol. The van der Waals surface area contributed by atoms with Crippen molar-refractivity contribution in [3.8, 4) is 0 Å². The molecule has 170 valence electrons. The van der Waals surface area contributed by atoms with E-state index in [0.717, 1.165) is 43.0 Å². The van der Waals surface area contributed by atoms with Gasteiger partial charge in [0, 0.05) is 63.4 Å². The number of non-ortho nitro benzene ring substituents is 1. The third-order valence-electron chi connectivity index (χ3n) is 6.47. The highest BCUT2D eigenvalue weighted by Crippen LogP contribution is 2.38. The summed E-state index contributed by atoms with van der Waals surface area (Å²) in [5.41, 5.74) is 4.32. The molecule has 1 saturated heterocycles. The number of nitrogens with one attached hydrogen (secondary N) is 1. The number of rotatable bonds is 7. The molecule has 0 bridgehead atoms. The third-order valence-corrected chi connectivity index (χ3v) is 6.47. The van der Waals surface area contributed by atoms with Gasteiger partial charge in [0.1, 0.15) is 0 Å². The molecule has 1 N–H and O–H groups in total. The Hall–Kier alpha value is -3.13. The molecule has 0 saturated carbocycles. The lowest BCUT2D eigenvalue weighted by Crippen LogP contribution is -2.61. The summed E-state index contributed by atoms with van der Waals surface area (Å²) in [6.07, 6.45) is 1.25. The predicted octanol–water partition coefficient (Wildman–Crippen LogP) is 2.92. The number of nitro groups is 1. The second-order valence-electron chi connectivity index (χ2n) is 8.56. The maximum atomic E-state index is 13.2. The Balaban J connectivity index is 1.60. The largest absolute Gasteiger partial charge is 0.385 e. The number of nitro benzene ring substituents is 1. The maximum Gasteiger partial charge on any atom is 0.269 e. The molecule has 2 aliphatic rings. The Morgan fingerprint density at radius 3 is 2.72 bits per heavy atom. The molecule has 8 nitrogen and oxygen atoms in total. The highest BCUT2D eigenvalue weighted by molar-refractivity contribution is 5.82. The molecule has 1 fully saturated rings. The number of methoxy groups -OCH3 is 1. The molecular formula is C24H30N4O4. The zero-order valence-corrected chi connectivity index (χ0v) is 18.6. The molecule has 2 heterocycles. The number of carbonyl (C=O) groups is 1. The number of hydrogen-bond acceptors (Lipinski definition) is 6. The van der Waals surface area contributed by atoms with Crippen LogP contribution in [0.15, 0.2) is 42.5 Å². The monoisotopic (exact) mass is 438 g/mol. The summed E-state index contributed by atoms with van der Waals surface area (Å²) in [7, 11) is 1.65. The zero-order valence-electron chi connectivity index (χ0n) is 18.6. The van der Waals surface area contributed by atoms with Crippen molar-refractivity contribution in [2.24, 2.45) is 5.92 Å². The van der Waals surface area contributed by atoms with Crippen LogP contribution in [-0.4, -0.2) is 56.8 Å². The van der Waals surface area contributed by atoms with Gasteiger partial charge in [0.25, 0.3) is 5.69 Å². The fraction of sp³-hybridized carbons (Fsp3) is 0.458. The van der Waals surface area contributed by atoms with Crippen LogP contribution in [0.2, 0.25) is 0 Å². The van der Waals surface area contributed by atoms with Gasteiger partial charge in [-0.25, -0.2) is 0 Å². The number of benzene rings is 2. The van der Waals surface area contributed by atoms with E-state index in [2.05, 4.69) is 46.3 Å². The maximum absolute atomic E-state index is 13.2. The molecule has 0 radical (unpaired) electrons. The van der Waals surface area contributed by atoms with Crippen molar-refractivity contribution in [3.05, 3.63) is 63.7 Å². The second-order valence-corrected chi connectivity index (χ2v) is 8.56. The Labute approximate surface area is 188 Å². The van der Waals surface area contributed by atoms with Crippen molar-refractivity contribution in [1.82, 2.24) is 5.32 Å². The topological polar surface area (TPSA) is 87.9 Å². The normalized spacial score (nSPS) is 19.8. The van der Waals surface area contributed by atoms with Gasteiger partial charge in [0.2, 0.25) is 5.91 Å². The number of aryl methyl sites for hydroxylation is 1. The molecule has 2 atom stereocenters. The number of fused-ring (bicyclic) bond motifs is 3. The summed E-state index contributed by atoms with van der Waals surface area (Å²) < 4.78 is 5.08. The van der Waals surface area contributed by atoms with E-state index in [1.54, 1.807) is 19.2 Å². The minimum Gasteiger partial charge on any atom is -0.385 e. The SMILES string of the molecule is COCCCNC(=O)[C@H]1Cc2cc([N+](=O)[O-])ccc2N2CCN(c3ccc(C)cc3)C[C@H]12. The first-order chi connectivity index (χ1) is 15.5. The first-order valence-electron chi connectivity index (χ1n) is 11.1. The van der Waals surface area contributed by atoms with E-state index in [9.17, 15) is 14.9 Å². The molecule has 0 aliphatic carbocycles. The van der Waals surface area contributed by atoms with Crippen LogP contribution in [-0.2, 0) is 16.0 Å². The highest BCUT2D eigenvalue weighted by Gasteiger charge is 2.42. The number of carbonyl (C=O) groups excluding carboxylic acids is 1. The average Bonchev–Trinajstić information content (AvgIpc) is 2.80. The van der Waals surface area contributed by atoms with Gasteiger partial charge in [-0.15, -0.1) is 0 Å². The van der Waals surface area contributed by atoms with Gasteiger partial charge < -0.3 is 19.9 Å². The van der Waals surface area contributed by atoms with E-state index in [1.165, 1.54) is 5.56 Å². The van der Waals surface area contributed by atoms with Gasteiger partial charge in [0.15, 0.2) is 0 Å². The molecule has 0 spiro atoms. The van der Waals surface area contributed by atoms with Crippen LogP contribution < -0.4 is 15.1 Å². The quantitative estimate of drug-likeness (QED) is 0.406. The van der Waals surface area contributed by atoms with Crippen LogP contribution in [0, 0.1) is 23.0 Å². The Bertz CT molecular complexity index is 978. The molecule has 0 aromatic heterocycles. The molecule has 32 heavy (non-hydrogen) atoms. The molecule has 1 amide bonds. The van der Waals surface area contributed by atoms with Crippen LogP contribution in [0.5, 0.6) is 0 Å². The lowest BCUT2D eigenvalue weighted by atomic mass is 9.83. The van der Waals surface area contributed by atoms with Gasteiger partial charge >= 0.3 is 0 Å². The van der Waals surface area contributed by atoms with Gasteiger partial charge in [-0.05, 0) is 43.5 Å². The van der Waals surface area contributed by atoms with E-state index in [0.29, 0.717) is 19.6 Å². The lowest BCUT2D eigenvalue weighted by Gasteiger charge is -2.49. The van der Waals surface area contributed by atoms with Gasteiger partial charge in [0.05, 0.1) is 16.9 Å². The summed E-state index contributed by atoms with van der Waals surface area (Å²) in [5, 5.41) is 14.4. The standard InChI is InChI=1S/C24H30N4O4/c1-17-4-6-19(7-5-17)26-11-12-27-22-9-8-20(28(30)31)14-18(22)15-21(23(27)16-26)24(29)25-10-3-13-32-2/h4-9,14,21,23H,3,10-13,15-16H2,1-2H3,(H,25,29)/t21-,23+/m0/s1. The van der Waals surface area contributed by atoms with Crippen molar-refractivity contribution in [2.45, 2.75) is 25.8 Å². The Kier molecular flexibility index (Phi) is 6.60. The van der Waals surface area contributed by atoms with Crippen molar-refractivity contribution in [2.75, 3.05) is 49.7 Å². The van der Waals surface area contributed by atoms with E-state index < -0.39 is 0 Å². The Morgan fingerprint density at radius 1 is 1.22 bits per heavy atom. The zero-order chi connectivity index (χ0) is 22.7. The molecule has 2 aromatic rings. The molecule has 8 heteroatoms. The summed E-state index contributed by atoms with van der Waals surface area (Å²) in [6, 6.07) is 13.5. The molecule has 2 aromatic carbocycles. The molecule has 2 aliphatic heterocycles. The van der Waals surface area contributed by atoms with Gasteiger partial charge in [-0.3, -0.25) is 14.9 Å². The van der Waals surface area contributed by atoms with Crippen LogP contribution in [0.3, 0.4) is 0 Å². The fourth-order valence-electron chi connectivity index (χ4n) is 4.77. The molecule has 4 rings (SSSR count). The van der Waals surface area contributed by atoms with Gasteiger partial charge in [-0.1, -0.05) is 17.7 Å². The summed E-state index contributed by atoms with van der Waals surface area (Å²) in [6.45, 7) is 5.55.